The van der Waals surface area contributed by atoms with Gasteiger partial charge in [0, 0.05) is 54.9 Å². The maximum Gasteiger partial charge on any atom is 0.251 e. The third-order valence-corrected chi connectivity index (χ3v) is 5.11. The highest BCUT2D eigenvalue weighted by molar-refractivity contribution is 5.95. The lowest BCUT2D eigenvalue weighted by molar-refractivity contribution is 0.0953. The highest BCUT2D eigenvalue weighted by atomic mass is 16.5. The molecule has 2 aromatic heterocycles. The third-order valence-electron chi connectivity index (χ3n) is 5.11. The number of carbonyl (C=O) groups is 1. The number of aromatic amines is 1. The molecule has 7 heteroatoms. The number of nitrogens with one attached hydrogen (secondary N) is 2. The second-order valence-corrected chi connectivity index (χ2v) is 7.28. The lowest BCUT2D eigenvalue weighted by Gasteiger charge is -2.30. The number of nitrogens with zero attached hydrogens (tertiary/aromatic N) is 3. The summed E-state index contributed by atoms with van der Waals surface area (Å²) < 4.78 is 5.48. The van der Waals surface area contributed by atoms with Gasteiger partial charge in [-0.3, -0.25) is 14.9 Å². The van der Waals surface area contributed by atoms with E-state index in [1.54, 1.807) is 18.6 Å². The molecule has 4 rings (SSSR count). The molecule has 3 heterocycles. The number of hydrogen-bond acceptors (Lipinski definition) is 5. The molecule has 1 fully saturated rings. The summed E-state index contributed by atoms with van der Waals surface area (Å²) in [5, 5.41) is 9.74. The molecule has 0 bridgehead atoms. The molecule has 0 unspecified atom stereocenters. The van der Waals surface area contributed by atoms with Crippen molar-refractivity contribution in [3.05, 3.63) is 77.4 Å². The van der Waals surface area contributed by atoms with E-state index in [0.29, 0.717) is 25.3 Å². The first-order chi connectivity index (χ1) is 15.3. The Hall–Kier alpha value is -3.63. The number of rotatable bonds is 6. The Morgan fingerprint density at radius 3 is 2.77 bits per heavy atom. The van der Waals surface area contributed by atoms with Crippen molar-refractivity contribution in [3.63, 3.8) is 0 Å². The quantitative estimate of drug-likeness (QED) is 0.477. The summed E-state index contributed by atoms with van der Waals surface area (Å²) in [6, 6.07) is 9.48. The largest absolute Gasteiger partial charge is 0.378 e. The number of carbonyl (C=O) groups excluding carboxylic acids is 1. The molecule has 0 atom stereocenters. The normalized spacial score (nSPS) is 13.4. The van der Waals surface area contributed by atoms with Gasteiger partial charge in [-0.2, -0.15) is 5.10 Å². The number of amides is 1. The smallest absolute Gasteiger partial charge is 0.251 e. The van der Waals surface area contributed by atoms with E-state index < -0.39 is 0 Å². The first-order valence-electron chi connectivity index (χ1n) is 10.4. The van der Waals surface area contributed by atoms with Gasteiger partial charge in [0.25, 0.3) is 5.91 Å². The van der Waals surface area contributed by atoms with E-state index in [0.717, 1.165) is 48.3 Å². The summed E-state index contributed by atoms with van der Waals surface area (Å²) in [5.74, 6) is 6.35. The number of hydrogen-bond donors (Lipinski definition) is 2. The van der Waals surface area contributed by atoms with E-state index in [1.807, 2.05) is 36.5 Å². The van der Waals surface area contributed by atoms with Crippen LogP contribution >= 0.6 is 0 Å². The van der Waals surface area contributed by atoms with Crippen molar-refractivity contribution in [1.29, 1.82) is 0 Å². The van der Waals surface area contributed by atoms with E-state index in [4.69, 9.17) is 4.74 Å². The molecule has 0 spiro atoms. The predicted molar refractivity (Wildman–Crippen MR) is 119 cm³/mol. The van der Waals surface area contributed by atoms with Crippen LogP contribution in [0.4, 0.5) is 5.69 Å². The number of morpholine rings is 1. The van der Waals surface area contributed by atoms with Crippen molar-refractivity contribution < 1.29 is 9.53 Å². The van der Waals surface area contributed by atoms with Gasteiger partial charge in [-0.15, -0.1) is 0 Å². The first-order valence-corrected chi connectivity index (χ1v) is 10.4. The van der Waals surface area contributed by atoms with Crippen LogP contribution in [0.15, 0.2) is 55.1 Å². The number of benzene rings is 1. The van der Waals surface area contributed by atoms with Gasteiger partial charge < -0.3 is 15.0 Å². The fraction of sp³-hybridized carbons (Fsp3) is 0.292. The topological polar surface area (TPSA) is 83.1 Å². The minimum absolute atomic E-state index is 0.0901. The van der Waals surface area contributed by atoms with Crippen LogP contribution in [0, 0.1) is 11.8 Å². The fourth-order valence-electron chi connectivity index (χ4n) is 3.44. The van der Waals surface area contributed by atoms with E-state index >= 15 is 0 Å². The zero-order valence-electron chi connectivity index (χ0n) is 17.3. The molecule has 158 valence electrons. The van der Waals surface area contributed by atoms with Gasteiger partial charge in [0.15, 0.2) is 0 Å². The Balaban J connectivity index is 1.49. The van der Waals surface area contributed by atoms with Gasteiger partial charge in [0.1, 0.15) is 0 Å². The lowest BCUT2D eigenvalue weighted by atomic mass is 10.1. The van der Waals surface area contributed by atoms with Crippen molar-refractivity contribution in [1.82, 2.24) is 20.5 Å². The molecule has 0 radical (unpaired) electrons. The molecule has 1 aliphatic rings. The van der Waals surface area contributed by atoms with Crippen molar-refractivity contribution in [2.75, 3.05) is 37.7 Å². The summed E-state index contributed by atoms with van der Waals surface area (Å²) in [7, 11) is 0. The van der Waals surface area contributed by atoms with E-state index in [2.05, 4.69) is 37.2 Å². The average molecular weight is 415 g/mol. The van der Waals surface area contributed by atoms with Crippen LogP contribution < -0.4 is 10.2 Å². The van der Waals surface area contributed by atoms with Crippen molar-refractivity contribution in [2.24, 2.45) is 0 Å². The maximum atomic E-state index is 12.7. The second-order valence-electron chi connectivity index (χ2n) is 7.28. The molecule has 1 aromatic carbocycles. The third kappa shape index (κ3) is 5.71. The van der Waals surface area contributed by atoms with E-state index in [9.17, 15) is 4.79 Å². The summed E-state index contributed by atoms with van der Waals surface area (Å²) in [4.78, 5) is 19.0. The van der Waals surface area contributed by atoms with Gasteiger partial charge in [-0.05, 0) is 48.7 Å². The Morgan fingerprint density at radius 1 is 1.16 bits per heavy atom. The van der Waals surface area contributed by atoms with Crippen LogP contribution in [0.5, 0.6) is 0 Å². The molecule has 1 saturated heterocycles. The van der Waals surface area contributed by atoms with Crippen LogP contribution in [0.25, 0.3) is 0 Å². The molecule has 7 nitrogen and oxygen atoms in total. The SMILES string of the molecule is O=C(NCCCc1cn[nH]c1)c1ccc(N2CCOCC2)c(C#Cc2ccncc2)c1. The number of anilines is 1. The van der Waals surface area contributed by atoms with Crippen LogP contribution in [0.2, 0.25) is 0 Å². The fourth-order valence-corrected chi connectivity index (χ4v) is 3.44. The monoisotopic (exact) mass is 415 g/mol. The number of pyridine rings is 1. The average Bonchev–Trinajstić information content (AvgIpc) is 3.35. The summed E-state index contributed by atoms with van der Waals surface area (Å²) in [6.45, 7) is 3.60. The van der Waals surface area contributed by atoms with Crippen LogP contribution in [0.1, 0.15) is 33.5 Å². The second kappa shape index (κ2) is 10.4. The standard InChI is InChI=1S/C24H25N5O2/c30-24(26-9-1-2-20-17-27-28-18-20)22-5-6-23(29-12-14-31-15-13-29)21(16-22)4-3-19-7-10-25-11-8-19/h5-8,10-11,16-18H,1-2,9,12-15H2,(H,26,30)(H,27,28). The number of aryl methyl sites for hydroxylation is 1. The van der Waals surface area contributed by atoms with Crippen molar-refractivity contribution in [2.45, 2.75) is 12.8 Å². The van der Waals surface area contributed by atoms with Crippen LogP contribution in [-0.4, -0.2) is 53.9 Å². The van der Waals surface area contributed by atoms with Crippen LogP contribution in [-0.2, 0) is 11.2 Å². The summed E-state index contributed by atoms with van der Waals surface area (Å²) in [5.41, 5.74) is 4.50. The van der Waals surface area contributed by atoms with Gasteiger partial charge in [-0.1, -0.05) is 11.8 Å². The minimum Gasteiger partial charge on any atom is -0.378 e. The summed E-state index contributed by atoms with van der Waals surface area (Å²) in [6.07, 6.45) is 8.85. The number of H-pyrrole nitrogens is 1. The zero-order valence-corrected chi connectivity index (χ0v) is 17.3. The molecule has 0 aliphatic carbocycles. The first kappa shape index (κ1) is 20.6. The van der Waals surface area contributed by atoms with Gasteiger partial charge in [0.05, 0.1) is 25.1 Å². The van der Waals surface area contributed by atoms with E-state index in [-0.39, 0.29) is 5.91 Å². The van der Waals surface area contributed by atoms with Gasteiger partial charge >= 0.3 is 0 Å². The van der Waals surface area contributed by atoms with Crippen molar-refractivity contribution in [3.8, 4) is 11.8 Å². The molecular formula is C24H25N5O2. The Bertz CT molecular complexity index is 1050. The Labute approximate surface area is 181 Å². The van der Waals surface area contributed by atoms with Gasteiger partial charge in [0.2, 0.25) is 0 Å². The summed E-state index contributed by atoms with van der Waals surface area (Å²) >= 11 is 0. The highest BCUT2D eigenvalue weighted by Gasteiger charge is 2.16. The highest BCUT2D eigenvalue weighted by Crippen LogP contribution is 2.23. The minimum atomic E-state index is -0.0901. The Kier molecular flexibility index (Phi) is 6.93. The number of aromatic nitrogens is 3. The van der Waals surface area contributed by atoms with Gasteiger partial charge in [-0.25, -0.2) is 0 Å². The zero-order chi connectivity index (χ0) is 21.3. The molecule has 2 N–H and O–H groups in total. The molecular weight excluding hydrogens is 390 g/mol. The number of ether oxygens (including phenoxy) is 1. The molecule has 0 saturated carbocycles. The molecule has 1 amide bonds. The maximum absolute atomic E-state index is 12.7. The Morgan fingerprint density at radius 2 is 2.00 bits per heavy atom. The van der Waals surface area contributed by atoms with E-state index in [1.165, 1.54) is 0 Å². The van der Waals surface area contributed by atoms with Crippen molar-refractivity contribution >= 4 is 11.6 Å². The lowest BCUT2D eigenvalue weighted by Crippen LogP contribution is -2.36. The molecule has 1 aliphatic heterocycles. The predicted octanol–water partition coefficient (Wildman–Crippen LogP) is 2.40. The van der Waals surface area contributed by atoms with Crippen LogP contribution in [0.3, 0.4) is 0 Å². The molecule has 3 aromatic rings. The molecule has 31 heavy (non-hydrogen) atoms.